The maximum absolute atomic E-state index is 14.3. The molecular formula is C27H29FN2O4S. The molecule has 6 nitrogen and oxygen atoms in total. The highest BCUT2D eigenvalue weighted by atomic mass is 32.1. The molecule has 35 heavy (non-hydrogen) atoms. The summed E-state index contributed by atoms with van der Waals surface area (Å²) >= 11 is 1.60. The summed E-state index contributed by atoms with van der Waals surface area (Å²) in [6.07, 6.45) is 1.57. The quantitative estimate of drug-likeness (QED) is 0.377. The molecule has 2 aromatic carbocycles. The zero-order chi connectivity index (χ0) is 24.8. The molecule has 0 saturated heterocycles. The van der Waals surface area contributed by atoms with Crippen molar-refractivity contribution in [2.24, 2.45) is 0 Å². The molecule has 0 spiro atoms. The van der Waals surface area contributed by atoms with Crippen molar-refractivity contribution >= 4 is 23.2 Å². The molecule has 1 aromatic heterocycles. The number of aryl methyl sites for hydroxylation is 1. The zero-order valence-corrected chi connectivity index (χ0v) is 20.8. The number of unbranched alkanes of at least 4 members (excludes halogenated alkanes) is 1. The van der Waals surface area contributed by atoms with Gasteiger partial charge in [0.05, 0.1) is 12.1 Å². The Labute approximate surface area is 208 Å². The lowest BCUT2D eigenvalue weighted by Crippen LogP contribution is -2.43. The second kappa shape index (κ2) is 11.4. The first-order chi connectivity index (χ1) is 17.0. The van der Waals surface area contributed by atoms with Gasteiger partial charge in [-0.05, 0) is 60.2 Å². The van der Waals surface area contributed by atoms with E-state index in [0.29, 0.717) is 31.1 Å². The normalized spacial score (nSPS) is 12.0. The second-order valence-corrected chi connectivity index (χ2v) is 9.52. The maximum atomic E-state index is 14.3. The Balaban J connectivity index is 1.56. The van der Waals surface area contributed by atoms with Crippen LogP contribution in [0, 0.1) is 12.7 Å². The van der Waals surface area contributed by atoms with Gasteiger partial charge in [0.15, 0.2) is 11.5 Å². The van der Waals surface area contributed by atoms with Gasteiger partial charge in [-0.15, -0.1) is 11.3 Å². The largest absolute Gasteiger partial charge is 0.454 e. The van der Waals surface area contributed by atoms with Gasteiger partial charge in [-0.2, -0.15) is 0 Å². The average molecular weight is 497 g/mol. The predicted molar refractivity (Wildman–Crippen MR) is 133 cm³/mol. The number of thiophene rings is 1. The van der Waals surface area contributed by atoms with Gasteiger partial charge < -0.3 is 19.3 Å². The third-order valence-corrected chi connectivity index (χ3v) is 6.97. The molecule has 0 N–H and O–H groups in total. The maximum Gasteiger partial charge on any atom is 0.257 e. The van der Waals surface area contributed by atoms with Gasteiger partial charge in [0, 0.05) is 18.0 Å². The third kappa shape index (κ3) is 6.00. The fourth-order valence-electron chi connectivity index (χ4n) is 3.90. The number of benzene rings is 2. The van der Waals surface area contributed by atoms with E-state index >= 15 is 0 Å². The minimum Gasteiger partial charge on any atom is -0.454 e. The number of nitrogens with zero attached hydrogens (tertiary/aromatic N) is 2. The minimum absolute atomic E-state index is 0.0205. The standard InChI is InChI=1S/C27H29FN2O4S/c1-3-4-12-29(27(32)21-7-5-6-8-22(21)28)17-26(31)30(16-25-19(2)11-13-35-25)15-20-9-10-23-24(14-20)34-18-33-23/h5-11,13-14H,3-4,12,15-18H2,1-2H3. The van der Waals surface area contributed by atoms with Crippen molar-refractivity contribution in [1.29, 1.82) is 0 Å². The Morgan fingerprint density at radius 3 is 2.57 bits per heavy atom. The Morgan fingerprint density at radius 1 is 1.03 bits per heavy atom. The van der Waals surface area contributed by atoms with Gasteiger partial charge in [0.1, 0.15) is 12.4 Å². The number of amides is 2. The fraction of sp³-hybridized carbons (Fsp3) is 0.333. The number of hydrogen-bond acceptors (Lipinski definition) is 5. The lowest BCUT2D eigenvalue weighted by Gasteiger charge is -2.28. The van der Waals surface area contributed by atoms with Crippen LogP contribution < -0.4 is 9.47 Å². The van der Waals surface area contributed by atoms with Crippen molar-refractivity contribution in [3.8, 4) is 11.5 Å². The zero-order valence-electron chi connectivity index (χ0n) is 20.0. The molecule has 0 saturated carbocycles. The molecule has 2 heterocycles. The molecule has 3 aromatic rings. The first-order valence-corrected chi connectivity index (χ1v) is 12.6. The van der Waals surface area contributed by atoms with Gasteiger partial charge in [-0.25, -0.2) is 4.39 Å². The number of carbonyl (C=O) groups excluding carboxylic acids is 2. The van der Waals surface area contributed by atoms with Gasteiger partial charge in [-0.3, -0.25) is 9.59 Å². The SMILES string of the molecule is CCCCN(CC(=O)N(Cc1ccc2c(c1)OCO2)Cc1sccc1C)C(=O)c1ccccc1F. The highest BCUT2D eigenvalue weighted by Crippen LogP contribution is 2.33. The van der Waals surface area contributed by atoms with Crippen molar-refractivity contribution < 1.29 is 23.5 Å². The van der Waals surface area contributed by atoms with Crippen molar-refractivity contribution in [2.75, 3.05) is 19.9 Å². The lowest BCUT2D eigenvalue weighted by molar-refractivity contribution is -0.133. The van der Waals surface area contributed by atoms with Crippen LogP contribution >= 0.6 is 11.3 Å². The van der Waals surface area contributed by atoms with E-state index in [1.807, 2.05) is 43.5 Å². The molecule has 0 radical (unpaired) electrons. The van der Waals surface area contributed by atoms with Crippen LogP contribution in [-0.4, -0.2) is 41.5 Å². The summed E-state index contributed by atoms with van der Waals surface area (Å²) in [5, 5.41) is 2.00. The second-order valence-electron chi connectivity index (χ2n) is 8.52. The molecule has 0 aliphatic carbocycles. The van der Waals surface area contributed by atoms with Gasteiger partial charge in [0.25, 0.3) is 5.91 Å². The van der Waals surface area contributed by atoms with Crippen LogP contribution in [0.1, 0.15) is 46.1 Å². The van der Waals surface area contributed by atoms with E-state index in [9.17, 15) is 14.0 Å². The van der Waals surface area contributed by atoms with E-state index in [0.717, 1.165) is 28.8 Å². The molecule has 2 amide bonds. The van der Waals surface area contributed by atoms with Crippen LogP contribution in [0.25, 0.3) is 0 Å². The van der Waals surface area contributed by atoms with E-state index in [1.165, 1.54) is 17.0 Å². The van der Waals surface area contributed by atoms with Crippen LogP contribution in [0.5, 0.6) is 11.5 Å². The van der Waals surface area contributed by atoms with Crippen molar-refractivity contribution in [2.45, 2.75) is 39.8 Å². The average Bonchev–Trinajstić information content (AvgIpc) is 3.49. The summed E-state index contributed by atoms with van der Waals surface area (Å²) in [6, 6.07) is 13.5. The molecule has 4 rings (SSSR count). The van der Waals surface area contributed by atoms with Crippen molar-refractivity contribution in [3.05, 3.63) is 81.3 Å². The summed E-state index contributed by atoms with van der Waals surface area (Å²) in [4.78, 5) is 31.1. The molecule has 1 aliphatic rings. The van der Waals surface area contributed by atoms with E-state index in [-0.39, 0.29) is 24.8 Å². The molecular weight excluding hydrogens is 467 g/mol. The van der Waals surface area contributed by atoms with E-state index in [1.54, 1.807) is 28.4 Å². The molecule has 0 fully saturated rings. The Morgan fingerprint density at radius 2 is 1.83 bits per heavy atom. The van der Waals surface area contributed by atoms with E-state index in [4.69, 9.17) is 9.47 Å². The van der Waals surface area contributed by atoms with Crippen LogP contribution in [-0.2, 0) is 17.9 Å². The Bertz CT molecular complexity index is 1200. The molecule has 1 aliphatic heterocycles. The Kier molecular flexibility index (Phi) is 8.02. The lowest BCUT2D eigenvalue weighted by atomic mass is 10.1. The topological polar surface area (TPSA) is 59.1 Å². The molecule has 0 bridgehead atoms. The highest BCUT2D eigenvalue weighted by molar-refractivity contribution is 7.10. The molecule has 0 atom stereocenters. The number of ether oxygens (including phenoxy) is 2. The van der Waals surface area contributed by atoms with E-state index in [2.05, 4.69) is 0 Å². The van der Waals surface area contributed by atoms with Crippen LogP contribution in [0.4, 0.5) is 4.39 Å². The number of halogens is 1. The van der Waals surface area contributed by atoms with Gasteiger partial charge in [0.2, 0.25) is 12.7 Å². The van der Waals surface area contributed by atoms with E-state index < -0.39 is 11.7 Å². The minimum atomic E-state index is -0.585. The first kappa shape index (κ1) is 24.7. The van der Waals surface area contributed by atoms with Crippen LogP contribution in [0.3, 0.4) is 0 Å². The van der Waals surface area contributed by atoms with Crippen molar-refractivity contribution in [3.63, 3.8) is 0 Å². The fourth-order valence-corrected chi connectivity index (χ4v) is 4.82. The molecule has 184 valence electrons. The number of rotatable bonds is 10. The third-order valence-electron chi connectivity index (χ3n) is 5.96. The smallest absolute Gasteiger partial charge is 0.257 e. The summed E-state index contributed by atoms with van der Waals surface area (Å²) in [5.41, 5.74) is 1.99. The van der Waals surface area contributed by atoms with Gasteiger partial charge >= 0.3 is 0 Å². The van der Waals surface area contributed by atoms with Crippen LogP contribution in [0.15, 0.2) is 53.9 Å². The first-order valence-electron chi connectivity index (χ1n) is 11.7. The number of fused-ring (bicyclic) bond motifs is 1. The molecule has 0 unspecified atom stereocenters. The number of hydrogen-bond donors (Lipinski definition) is 0. The number of carbonyl (C=O) groups is 2. The van der Waals surface area contributed by atoms with Crippen LogP contribution in [0.2, 0.25) is 0 Å². The van der Waals surface area contributed by atoms with Gasteiger partial charge in [-0.1, -0.05) is 31.5 Å². The highest BCUT2D eigenvalue weighted by Gasteiger charge is 2.25. The van der Waals surface area contributed by atoms with Crippen molar-refractivity contribution in [1.82, 2.24) is 9.80 Å². The monoisotopic (exact) mass is 496 g/mol. The Hall–Kier alpha value is -3.39. The summed E-state index contributed by atoms with van der Waals surface area (Å²) in [5.74, 6) is 0.0813. The summed E-state index contributed by atoms with van der Waals surface area (Å²) < 4.78 is 25.2. The summed E-state index contributed by atoms with van der Waals surface area (Å²) in [6.45, 7) is 5.24. The predicted octanol–water partition coefficient (Wildman–Crippen LogP) is 5.40. The summed E-state index contributed by atoms with van der Waals surface area (Å²) in [7, 11) is 0. The molecule has 8 heteroatoms.